The Balaban J connectivity index is 1.86. The molecule has 0 aromatic heterocycles. The van der Waals surface area contributed by atoms with Gasteiger partial charge in [-0.1, -0.05) is 30.3 Å². The number of nitrogens with one attached hydrogen (secondary N) is 1. The lowest BCUT2D eigenvalue weighted by molar-refractivity contribution is -0.111. The van der Waals surface area contributed by atoms with Crippen LogP contribution in [0.1, 0.15) is 25.0 Å². The van der Waals surface area contributed by atoms with E-state index in [4.69, 9.17) is 10.5 Å². The summed E-state index contributed by atoms with van der Waals surface area (Å²) in [6.07, 6.45) is 2.74. The third-order valence-corrected chi connectivity index (χ3v) is 4.28. The van der Waals surface area contributed by atoms with Gasteiger partial charge in [0.2, 0.25) is 5.91 Å². The van der Waals surface area contributed by atoms with Crippen LogP contribution in [0.4, 0.5) is 21.9 Å². The van der Waals surface area contributed by atoms with Crippen molar-refractivity contribution in [2.45, 2.75) is 19.4 Å². The van der Waals surface area contributed by atoms with E-state index in [0.29, 0.717) is 17.1 Å². The molecule has 1 heterocycles. The number of ether oxygens (including phenoxy) is 1. The fourth-order valence-electron chi connectivity index (χ4n) is 2.82. The van der Waals surface area contributed by atoms with Gasteiger partial charge in [0.05, 0.1) is 17.1 Å². The van der Waals surface area contributed by atoms with Crippen molar-refractivity contribution in [3.05, 3.63) is 59.7 Å². The number of hydrogen-bond donors (Lipinski definition) is 2. The van der Waals surface area contributed by atoms with E-state index in [-0.39, 0.29) is 5.91 Å². The summed E-state index contributed by atoms with van der Waals surface area (Å²) < 4.78 is 5.44. The molecular weight excluding hydrogens is 330 g/mol. The molecule has 0 radical (unpaired) electrons. The van der Waals surface area contributed by atoms with Gasteiger partial charge in [0.25, 0.3) is 0 Å². The number of carbonyl (C=O) groups is 2. The van der Waals surface area contributed by atoms with Crippen LogP contribution < -0.4 is 16.0 Å². The van der Waals surface area contributed by atoms with Gasteiger partial charge in [-0.15, -0.1) is 0 Å². The van der Waals surface area contributed by atoms with Gasteiger partial charge in [0.1, 0.15) is 5.60 Å². The summed E-state index contributed by atoms with van der Waals surface area (Å²) in [5, 5.41) is 2.78. The van der Waals surface area contributed by atoms with Gasteiger partial charge in [0, 0.05) is 18.7 Å². The second kappa shape index (κ2) is 6.55. The summed E-state index contributed by atoms with van der Waals surface area (Å²) in [4.78, 5) is 25.6. The third kappa shape index (κ3) is 3.39. The van der Waals surface area contributed by atoms with Crippen LogP contribution in [0.25, 0.3) is 6.08 Å². The highest BCUT2D eigenvalue weighted by molar-refractivity contribution is 6.04. The Bertz CT molecular complexity index is 889. The predicted octanol–water partition coefficient (Wildman–Crippen LogP) is 3.74. The predicted molar refractivity (Wildman–Crippen MR) is 103 cm³/mol. The van der Waals surface area contributed by atoms with Crippen LogP contribution in [0.2, 0.25) is 0 Å². The van der Waals surface area contributed by atoms with Crippen molar-refractivity contribution in [3.8, 4) is 0 Å². The molecule has 6 heteroatoms. The van der Waals surface area contributed by atoms with Crippen molar-refractivity contribution in [1.82, 2.24) is 0 Å². The number of rotatable bonds is 3. The normalized spacial score (nSPS) is 15.5. The molecule has 0 atom stereocenters. The number of cyclic esters (lactones) is 1. The zero-order chi connectivity index (χ0) is 18.9. The van der Waals surface area contributed by atoms with E-state index in [1.807, 2.05) is 30.3 Å². The maximum absolute atomic E-state index is 12.2. The van der Waals surface area contributed by atoms with Crippen LogP contribution in [0.5, 0.6) is 0 Å². The highest BCUT2D eigenvalue weighted by Gasteiger charge is 2.37. The maximum Gasteiger partial charge on any atom is 0.414 e. The number of carbonyl (C=O) groups excluding carboxylic acids is 2. The van der Waals surface area contributed by atoms with E-state index in [1.165, 1.54) is 11.0 Å². The average molecular weight is 351 g/mol. The Morgan fingerprint density at radius 3 is 2.62 bits per heavy atom. The average Bonchev–Trinajstić information content (AvgIpc) is 2.60. The molecule has 0 fully saturated rings. The van der Waals surface area contributed by atoms with Crippen molar-refractivity contribution in [3.63, 3.8) is 0 Å². The lowest BCUT2D eigenvalue weighted by Gasteiger charge is -2.37. The number of benzene rings is 2. The number of hydrogen-bond acceptors (Lipinski definition) is 4. The van der Waals surface area contributed by atoms with Gasteiger partial charge in [0.15, 0.2) is 0 Å². The molecule has 134 valence electrons. The molecule has 0 spiro atoms. The van der Waals surface area contributed by atoms with Gasteiger partial charge < -0.3 is 15.8 Å². The number of anilines is 3. The summed E-state index contributed by atoms with van der Waals surface area (Å²) in [5.74, 6) is -0.292. The van der Waals surface area contributed by atoms with Crippen molar-refractivity contribution >= 4 is 35.1 Å². The molecule has 3 N–H and O–H groups in total. The summed E-state index contributed by atoms with van der Waals surface area (Å²) in [6.45, 7) is 3.60. The van der Waals surface area contributed by atoms with Gasteiger partial charge in [-0.05, 0) is 37.6 Å². The molecule has 1 aliphatic rings. The van der Waals surface area contributed by atoms with Crippen LogP contribution in [0.3, 0.4) is 0 Å². The molecule has 6 nitrogen and oxygen atoms in total. The van der Waals surface area contributed by atoms with E-state index in [1.54, 1.807) is 39.1 Å². The Hall–Kier alpha value is -3.28. The van der Waals surface area contributed by atoms with Gasteiger partial charge in [-0.2, -0.15) is 0 Å². The third-order valence-electron chi connectivity index (χ3n) is 4.28. The Kier molecular flexibility index (Phi) is 4.42. The molecule has 0 unspecified atom stereocenters. The number of amides is 2. The Labute approximate surface area is 152 Å². The Morgan fingerprint density at radius 2 is 1.92 bits per heavy atom. The topological polar surface area (TPSA) is 84.7 Å². The summed E-state index contributed by atoms with van der Waals surface area (Å²) in [6, 6.07) is 13.0. The van der Waals surface area contributed by atoms with E-state index in [2.05, 4.69) is 5.32 Å². The minimum Gasteiger partial charge on any atom is -0.438 e. The fraction of sp³-hybridized carbons (Fsp3) is 0.200. The monoisotopic (exact) mass is 351 g/mol. The van der Waals surface area contributed by atoms with E-state index in [9.17, 15) is 9.59 Å². The lowest BCUT2D eigenvalue weighted by Crippen LogP contribution is -2.41. The molecule has 0 bridgehead atoms. The molecule has 0 saturated carbocycles. The first kappa shape index (κ1) is 17.5. The largest absolute Gasteiger partial charge is 0.438 e. The molecular formula is C20H21N3O3. The molecule has 2 aromatic carbocycles. The van der Waals surface area contributed by atoms with E-state index < -0.39 is 11.7 Å². The number of nitrogens with zero attached hydrogens (tertiary/aromatic N) is 1. The van der Waals surface area contributed by atoms with Crippen LogP contribution in [-0.4, -0.2) is 19.0 Å². The smallest absolute Gasteiger partial charge is 0.414 e. The highest BCUT2D eigenvalue weighted by Crippen LogP contribution is 2.41. The lowest BCUT2D eigenvalue weighted by atomic mass is 9.93. The molecule has 0 saturated heterocycles. The van der Waals surface area contributed by atoms with Crippen LogP contribution in [-0.2, 0) is 15.1 Å². The zero-order valence-corrected chi connectivity index (χ0v) is 14.9. The molecule has 2 aromatic rings. The van der Waals surface area contributed by atoms with Gasteiger partial charge in [-0.25, -0.2) is 4.79 Å². The van der Waals surface area contributed by atoms with Crippen LogP contribution in [0, 0.1) is 0 Å². The Morgan fingerprint density at radius 1 is 1.23 bits per heavy atom. The van der Waals surface area contributed by atoms with Crippen molar-refractivity contribution in [2.24, 2.45) is 0 Å². The standard InChI is InChI=1S/C20H21N3O3/c1-20(2)14-11-16(15(21)12-17(14)23(3)19(25)26-20)22-18(24)10-9-13-7-5-4-6-8-13/h4-12H,21H2,1-3H3,(H,22,24). The van der Waals surface area contributed by atoms with E-state index >= 15 is 0 Å². The number of nitrogen functional groups attached to an aromatic ring is 1. The maximum atomic E-state index is 12.2. The summed E-state index contributed by atoms with van der Waals surface area (Å²) >= 11 is 0. The number of fused-ring (bicyclic) bond motifs is 1. The highest BCUT2D eigenvalue weighted by atomic mass is 16.6. The molecule has 1 aliphatic heterocycles. The minimum absolute atomic E-state index is 0.292. The SMILES string of the molecule is CN1C(=O)OC(C)(C)c2cc(NC(=O)C=Cc3ccccc3)c(N)cc21. The van der Waals surface area contributed by atoms with Crippen LogP contribution >= 0.6 is 0 Å². The number of nitrogens with two attached hydrogens (primary N) is 1. The molecule has 2 amide bonds. The van der Waals surface area contributed by atoms with Gasteiger partial charge >= 0.3 is 6.09 Å². The fourth-order valence-corrected chi connectivity index (χ4v) is 2.82. The molecule has 0 aliphatic carbocycles. The first-order valence-corrected chi connectivity index (χ1v) is 8.23. The van der Waals surface area contributed by atoms with E-state index in [0.717, 1.165) is 11.1 Å². The van der Waals surface area contributed by atoms with Crippen LogP contribution in [0.15, 0.2) is 48.5 Å². The summed E-state index contributed by atoms with van der Waals surface area (Å²) in [5.41, 5.74) is 8.49. The second-order valence-corrected chi connectivity index (χ2v) is 6.63. The van der Waals surface area contributed by atoms with Crippen molar-refractivity contribution < 1.29 is 14.3 Å². The molecule has 26 heavy (non-hydrogen) atoms. The van der Waals surface area contributed by atoms with Gasteiger partial charge in [-0.3, -0.25) is 9.69 Å². The van der Waals surface area contributed by atoms with Crippen molar-refractivity contribution in [1.29, 1.82) is 0 Å². The quantitative estimate of drug-likeness (QED) is 0.652. The first-order valence-electron chi connectivity index (χ1n) is 8.23. The molecule has 3 rings (SSSR count). The minimum atomic E-state index is -0.814. The first-order chi connectivity index (χ1) is 12.3. The second-order valence-electron chi connectivity index (χ2n) is 6.63. The van der Waals surface area contributed by atoms with Crippen molar-refractivity contribution in [2.75, 3.05) is 23.0 Å². The summed E-state index contributed by atoms with van der Waals surface area (Å²) in [7, 11) is 1.62. The zero-order valence-electron chi connectivity index (χ0n) is 14.9.